The van der Waals surface area contributed by atoms with Crippen molar-refractivity contribution in [3.8, 4) is 5.69 Å². The van der Waals surface area contributed by atoms with Crippen LogP contribution >= 0.6 is 11.3 Å². The summed E-state index contributed by atoms with van der Waals surface area (Å²) < 4.78 is 2.05. The van der Waals surface area contributed by atoms with Crippen LogP contribution in [0.2, 0.25) is 0 Å². The summed E-state index contributed by atoms with van der Waals surface area (Å²) in [6, 6.07) is 11.3. The number of amides is 2. The molecule has 4 rings (SSSR count). The number of nitrogens with zero attached hydrogens (tertiary/aromatic N) is 3. The van der Waals surface area contributed by atoms with Crippen LogP contribution in [0.5, 0.6) is 0 Å². The largest absolute Gasteiger partial charge is 0.365 e. The van der Waals surface area contributed by atoms with E-state index < -0.39 is 5.91 Å². The van der Waals surface area contributed by atoms with Gasteiger partial charge >= 0.3 is 0 Å². The van der Waals surface area contributed by atoms with Crippen molar-refractivity contribution < 1.29 is 9.59 Å². The molecule has 0 aliphatic carbocycles. The van der Waals surface area contributed by atoms with Gasteiger partial charge in [0.15, 0.2) is 5.65 Å². The molecule has 0 atom stereocenters. The molecule has 1 aromatic carbocycles. The zero-order chi connectivity index (χ0) is 20.7. The van der Waals surface area contributed by atoms with E-state index in [1.54, 1.807) is 12.1 Å². The molecule has 3 aromatic heterocycles. The number of carbonyl (C=O) groups excluding carboxylic acids is 2. The second kappa shape index (κ2) is 7.14. The molecule has 0 saturated heterocycles. The molecular formula is C21H19N5O2S. The average Bonchev–Trinajstić information content (AvgIpc) is 3.28. The van der Waals surface area contributed by atoms with Gasteiger partial charge in [0, 0.05) is 11.4 Å². The lowest BCUT2D eigenvalue weighted by molar-refractivity contribution is 0.100. The third kappa shape index (κ3) is 3.27. The Morgan fingerprint density at radius 1 is 1.00 bits per heavy atom. The number of benzene rings is 1. The van der Waals surface area contributed by atoms with Crippen molar-refractivity contribution in [1.29, 1.82) is 0 Å². The Hall–Kier alpha value is -3.52. The Balaban J connectivity index is 1.78. The van der Waals surface area contributed by atoms with Crippen LogP contribution in [-0.2, 0) is 0 Å². The lowest BCUT2D eigenvalue weighted by Gasteiger charge is -2.08. The number of aryl methyl sites for hydroxylation is 2. The third-order valence-electron chi connectivity index (χ3n) is 4.89. The van der Waals surface area contributed by atoms with Crippen LogP contribution in [-0.4, -0.2) is 26.3 Å². The molecule has 2 amide bonds. The van der Waals surface area contributed by atoms with Gasteiger partial charge in [-0.2, -0.15) is 0 Å². The minimum Gasteiger partial charge on any atom is -0.365 e. The maximum atomic E-state index is 12.7. The Bertz CT molecular complexity index is 1250. The van der Waals surface area contributed by atoms with E-state index >= 15 is 0 Å². The number of nitrogens with two attached hydrogens (primary N) is 1. The second-order valence-corrected chi connectivity index (χ2v) is 7.87. The van der Waals surface area contributed by atoms with Crippen molar-refractivity contribution in [3.05, 3.63) is 69.3 Å². The lowest BCUT2D eigenvalue weighted by Crippen LogP contribution is -2.12. The van der Waals surface area contributed by atoms with Crippen LogP contribution < -0.4 is 11.1 Å². The molecule has 0 aliphatic rings. The molecule has 0 aliphatic heterocycles. The summed E-state index contributed by atoms with van der Waals surface area (Å²) in [5, 5.41) is 3.63. The molecule has 3 N–H and O–H groups in total. The van der Waals surface area contributed by atoms with Crippen LogP contribution in [0.1, 0.15) is 36.2 Å². The van der Waals surface area contributed by atoms with Gasteiger partial charge in [0.1, 0.15) is 12.1 Å². The highest BCUT2D eigenvalue weighted by molar-refractivity contribution is 7.16. The molecule has 7 nitrogen and oxygen atoms in total. The van der Waals surface area contributed by atoms with E-state index in [0.29, 0.717) is 15.6 Å². The fourth-order valence-electron chi connectivity index (χ4n) is 3.26. The highest BCUT2D eigenvalue weighted by Crippen LogP contribution is 2.31. The van der Waals surface area contributed by atoms with Gasteiger partial charge in [-0.1, -0.05) is 17.7 Å². The summed E-state index contributed by atoms with van der Waals surface area (Å²) in [5.41, 5.74) is 10.2. The minimum atomic E-state index is -0.555. The van der Waals surface area contributed by atoms with E-state index in [2.05, 4.69) is 19.9 Å². The fraction of sp³-hybridized carbons (Fsp3) is 0.143. The summed E-state index contributed by atoms with van der Waals surface area (Å²) in [4.78, 5) is 33.5. The number of carbonyl (C=O) groups is 2. The normalized spacial score (nSPS) is 11.0. The lowest BCUT2D eigenvalue weighted by atomic mass is 10.2. The fourth-order valence-corrected chi connectivity index (χ4v) is 4.02. The molecule has 29 heavy (non-hydrogen) atoms. The van der Waals surface area contributed by atoms with Gasteiger partial charge in [0.05, 0.1) is 15.1 Å². The Kier molecular flexibility index (Phi) is 4.63. The van der Waals surface area contributed by atoms with Gasteiger partial charge in [0.2, 0.25) is 0 Å². The summed E-state index contributed by atoms with van der Waals surface area (Å²) in [7, 11) is 0. The number of fused-ring (bicyclic) bond motifs is 1. The third-order valence-corrected chi connectivity index (χ3v) is 5.99. The smallest absolute Gasteiger partial charge is 0.266 e. The zero-order valence-electron chi connectivity index (χ0n) is 16.2. The first-order chi connectivity index (χ1) is 13.9. The van der Waals surface area contributed by atoms with Crippen LogP contribution in [0.25, 0.3) is 16.7 Å². The molecule has 146 valence electrons. The van der Waals surface area contributed by atoms with Crippen LogP contribution in [0, 0.1) is 20.8 Å². The molecule has 3 heterocycles. The summed E-state index contributed by atoms with van der Waals surface area (Å²) in [6.07, 6.45) is 1.44. The summed E-state index contributed by atoms with van der Waals surface area (Å²) in [6.45, 7) is 6.04. The second-order valence-electron chi connectivity index (χ2n) is 6.78. The number of hydrogen-bond donors (Lipinski definition) is 2. The van der Waals surface area contributed by atoms with Crippen molar-refractivity contribution in [1.82, 2.24) is 14.5 Å². The van der Waals surface area contributed by atoms with Gasteiger partial charge < -0.3 is 11.1 Å². The van der Waals surface area contributed by atoms with Crippen LogP contribution in [0.4, 0.5) is 5.82 Å². The molecule has 8 heteroatoms. The predicted octanol–water partition coefficient (Wildman–Crippen LogP) is 3.76. The number of thiophene rings is 1. The molecule has 0 saturated carbocycles. The molecule has 0 bridgehead atoms. The standard InChI is InChI=1S/C21H19N5O2S/c1-11-4-6-14(7-5-11)26-13(3)12(2)17-19(23-10-24-20(17)26)25-21(28)16-9-8-15(29-16)18(22)27/h4-10H,1-3H3,(H2,22,27)(H,23,24,25,28). The number of nitrogens with one attached hydrogen (secondary N) is 1. The molecule has 0 fully saturated rings. The zero-order valence-corrected chi connectivity index (χ0v) is 17.0. The predicted molar refractivity (Wildman–Crippen MR) is 114 cm³/mol. The Labute approximate surface area is 171 Å². The van der Waals surface area contributed by atoms with Gasteiger partial charge in [-0.25, -0.2) is 9.97 Å². The first-order valence-corrected chi connectivity index (χ1v) is 9.79. The van der Waals surface area contributed by atoms with E-state index in [-0.39, 0.29) is 5.91 Å². The number of anilines is 1. The van der Waals surface area contributed by atoms with E-state index in [1.807, 2.05) is 45.0 Å². The number of aromatic nitrogens is 3. The Morgan fingerprint density at radius 3 is 2.34 bits per heavy atom. The van der Waals surface area contributed by atoms with E-state index in [1.165, 1.54) is 11.9 Å². The maximum absolute atomic E-state index is 12.7. The maximum Gasteiger partial charge on any atom is 0.266 e. The number of hydrogen-bond acceptors (Lipinski definition) is 5. The van der Waals surface area contributed by atoms with Gasteiger partial charge in [-0.15, -0.1) is 11.3 Å². The highest BCUT2D eigenvalue weighted by Gasteiger charge is 2.20. The van der Waals surface area contributed by atoms with E-state index in [4.69, 9.17) is 5.73 Å². The minimum absolute atomic E-state index is 0.334. The number of primary amides is 1. The Morgan fingerprint density at radius 2 is 1.69 bits per heavy atom. The van der Waals surface area contributed by atoms with Gasteiger partial charge in [-0.05, 0) is 50.6 Å². The van der Waals surface area contributed by atoms with Gasteiger partial charge in [-0.3, -0.25) is 14.2 Å². The molecule has 4 aromatic rings. The number of rotatable bonds is 4. The monoisotopic (exact) mass is 405 g/mol. The highest BCUT2D eigenvalue weighted by atomic mass is 32.1. The molecule has 0 unspecified atom stereocenters. The van der Waals surface area contributed by atoms with Crippen molar-refractivity contribution in [2.24, 2.45) is 5.73 Å². The topological polar surface area (TPSA) is 103 Å². The van der Waals surface area contributed by atoms with Gasteiger partial charge in [0.25, 0.3) is 11.8 Å². The summed E-state index contributed by atoms with van der Waals surface area (Å²) in [5.74, 6) is -0.469. The average molecular weight is 405 g/mol. The van der Waals surface area contributed by atoms with Crippen molar-refractivity contribution in [3.63, 3.8) is 0 Å². The quantitative estimate of drug-likeness (QED) is 0.539. The van der Waals surface area contributed by atoms with E-state index in [9.17, 15) is 9.59 Å². The van der Waals surface area contributed by atoms with Crippen LogP contribution in [0.3, 0.4) is 0 Å². The molecular weight excluding hydrogens is 386 g/mol. The summed E-state index contributed by atoms with van der Waals surface area (Å²) >= 11 is 1.05. The van der Waals surface area contributed by atoms with Crippen molar-refractivity contribution in [2.75, 3.05) is 5.32 Å². The first kappa shape index (κ1) is 18.8. The van der Waals surface area contributed by atoms with Crippen LogP contribution in [0.15, 0.2) is 42.7 Å². The molecule has 0 spiro atoms. The molecule has 0 radical (unpaired) electrons. The SMILES string of the molecule is Cc1ccc(-n2c(C)c(C)c3c(NC(=O)c4ccc(C(N)=O)s4)ncnc32)cc1. The van der Waals surface area contributed by atoms with E-state index in [0.717, 1.165) is 39.3 Å². The first-order valence-electron chi connectivity index (χ1n) is 8.97. The van der Waals surface area contributed by atoms with Crippen molar-refractivity contribution >= 4 is 40.0 Å². The van der Waals surface area contributed by atoms with Crippen molar-refractivity contribution in [2.45, 2.75) is 20.8 Å².